The van der Waals surface area contributed by atoms with E-state index < -0.39 is 11.6 Å². The van der Waals surface area contributed by atoms with Crippen LogP contribution in [0.2, 0.25) is 0 Å². The van der Waals surface area contributed by atoms with E-state index in [9.17, 15) is 8.78 Å². The molecule has 18 heavy (non-hydrogen) atoms. The molecule has 0 spiro atoms. The van der Waals surface area contributed by atoms with Crippen molar-refractivity contribution in [2.45, 2.75) is 45.8 Å². The normalized spacial score (nSPS) is 14.3. The zero-order chi connectivity index (χ0) is 13.5. The molecule has 1 rings (SSSR count). The second kappa shape index (κ2) is 7.31. The topological polar surface area (TPSA) is 21.3 Å². The molecule has 4 heteroatoms. The van der Waals surface area contributed by atoms with Gasteiger partial charge in [0.2, 0.25) is 0 Å². The van der Waals surface area contributed by atoms with Crippen LogP contribution in [0.15, 0.2) is 18.2 Å². The molecule has 2 unspecified atom stereocenters. The molecule has 0 aliphatic rings. The lowest BCUT2D eigenvalue weighted by molar-refractivity contribution is 0.202. The van der Waals surface area contributed by atoms with Crippen molar-refractivity contribution in [1.29, 1.82) is 0 Å². The van der Waals surface area contributed by atoms with Gasteiger partial charge >= 0.3 is 0 Å². The van der Waals surface area contributed by atoms with Crippen molar-refractivity contribution >= 4 is 0 Å². The second-order valence-electron chi connectivity index (χ2n) is 4.60. The largest absolute Gasteiger partial charge is 0.486 e. The molecule has 0 radical (unpaired) electrons. The first kappa shape index (κ1) is 14.9. The van der Waals surface area contributed by atoms with Crippen LogP contribution >= 0.6 is 0 Å². The molecule has 0 saturated carbocycles. The Morgan fingerprint density at radius 3 is 2.67 bits per heavy atom. The minimum atomic E-state index is -0.537. The van der Waals surface area contributed by atoms with Crippen molar-refractivity contribution in [3.05, 3.63) is 29.8 Å². The third-order valence-corrected chi connectivity index (χ3v) is 2.70. The van der Waals surface area contributed by atoms with Crippen molar-refractivity contribution in [2.75, 3.05) is 6.54 Å². The van der Waals surface area contributed by atoms with E-state index in [2.05, 4.69) is 19.2 Å². The standard InChI is InChI=1S/C14H21F2NO/c1-4-5-10(2)17-9-11(3)18-14-8-12(15)6-7-13(14)16/h6-8,10-11,17H,4-5,9H2,1-3H3. The van der Waals surface area contributed by atoms with Crippen LogP contribution in [0.1, 0.15) is 33.6 Å². The highest BCUT2D eigenvalue weighted by Crippen LogP contribution is 2.19. The van der Waals surface area contributed by atoms with Crippen LogP contribution in [0.5, 0.6) is 5.75 Å². The molecule has 0 bridgehead atoms. The van der Waals surface area contributed by atoms with Crippen molar-refractivity contribution in [2.24, 2.45) is 0 Å². The van der Waals surface area contributed by atoms with Gasteiger partial charge in [-0.05, 0) is 32.4 Å². The van der Waals surface area contributed by atoms with Crippen LogP contribution in [-0.4, -0.2) is 18.7 Å². The van der Waals surface area contributed by atoms with Crippen LogP contribution in [0.25, 0.3) is 0 Å². The highest BCUT2D eigenvalue weighted by Gasteiger charge is 2.10. The summed E-state index contributed by atoms with van der Waals surface area (Å²) in [7, 11) is 0. The fraction of sp³-hybridized carbons (Fsp3) is 0.571. The highest BCUT2D eigenvalue weighted by molar-refractivity contribution is 5.25. The van der Waals surface area contributed by atoms with Gasteiger partial charge in [-0.1, -0.05) is 13.3 Å². The SMILES string of the molecule is CCCC(C)NCC(C)Oc1cc(F)ccc1F. The highest BCUT2D eigenvalue weighted by atomic mass is 19.1. The van der Waals surface area contributed by atoms with Crippen molar-refractivity contribution in [3.8, 4) is 5.75 Å². The van der Waals surface area contributed by atoms with Gasteiger partial charge in [-0.2, -0.15) is 0 Å². The monoisotopic (exact) mass is 257 g/mol. The average molecular weight is 257 g/mol. The Balaban J connectivity index is 2.44. The molecule has 2 atom stereocenters. The molecular formula is C14H21F2NO. The maximum Gasteiger partial charge on any atom is 0.165 e. The number of ether oxygens (including phenoxy) is 1. The van der Waals surface area contributed by atoms with Gasteiger partial charge in [0.25, 0.3) is 0 Å². The zero-order valence-electron chi connectivity index (χ0n) is 11.2. The van der Waals surface area contributed by atoms with Gasteiger partial charge in [-0.3, -0.25) is 0 Å². The number of nitrogens with one attached hydrogen (secondary N) is 1. The summed E-state index contributed by atoms with van der Waals surface area (Å²) in [6.45, 7) is 6.66. The molecule has 2 nitrogen and oxygen atoms in total. The Morgan fingerprint density at radius 1 is 1.28 bits per heavy atom. The number of hydrogen-bond acceptors (Lipinski definition) is 2. The van der Waals surface area contributed by atoms with E-state index in [0.29, 0.717) is 12.6 Å². The van der Waals surface area contributed by atoms with Gasteiger partial charge in [-0.15, -0.1) is 0 Å². The molecule has 1 N–H and O–H groups in total. The van der Waals surface area contributed by atoms with Gasteiger partial charge in [-0.25, -0.2) is 8.78 Å². The summed E-state index contributed by atoms with van der Waals surface area (Å²) in [4.78, 5) is 0. The van der Waals surface area contributed by atoms with E-state index in [1.54, 1.807) is 0 Å². The first-order valence-corrected chi connectivity index (χ1v) is 6.38. The Morgan fingerprint density at radius 2 is 2.00 bits per heavy atom. The van der Waals surface area contributed by atoms with Gasteiger partial charge < -0.3 is 10.1 Å². The molecule has 0 fully saturated rings. The van der Waals surface area contributed by atoms with E-state index in [4.69, 9.17) is 4.74 Å². The Kier molecular flexibility index (Phi) is 6.05. The van der Waals surface area contributed by atoms with E-state index in [-0.39, 0.29) is 11.9 Å². The molecule has 0 aliphatic heterocycles. The third-order valence-electron chi connectivity index (χ3n) is 2.70. The summed E-state index contributed by atoms with van der Waals surface area (Å²) >= 11 is 0. The molecule has 0 aromatic heterocycles. The number of benzene rings is 1. The maximum atomic E-state index is 13.3. The minimum absolute atomic E-state index is 0.0348. The van der Waals surface area contributed by atoms with Crippen LogP contribution in [0, 0.1) is 11.6 Å². The third kappa shape index (κ3) is 5.00. The lowest BCUT2D eigenvalue weighted by atomic mass is 10.2. The summed E-state index contributed by atoms with van der Waals surface area (Å²) in [5, 5.41) is 3.30. The smallest absolute Gasteiger partial charge is 0.165 e. The summed E-state index contributed by atoms with van der Waals surface area (Å²) in [5.41, 5.74) is 0. The summed E-state index contributed by atoms with van der Waals surface area (Å²) in [5.74, 6) is -1.07. The molecule has 1 aromatic carbocycles. The Hall–Kier alpha value is -1.16. The second-order valence-corrected chi connectivity index (χ2v) is 4.60. The predicted molar refractivity (Wildman–Crippen MR) is 68.8 cm³/mol. The van der Waals surface area contributed by atoms with Crippen LogP contribution < -0.4 is 10.1 Å². The molecule has 0 heterocycles. The number of halogens is 2. The lowest BCUT2D eigenvalue weighted by Crippen LogP contribution is -2.35. The van der Waals surface area contributed by atoms with Gasteiger partial charge in [0.05, 0.1) is 0 Å². The van der Waals surface area contributed by atoms with Crippen molar-refractivity contribution in [1.82, 2.24) is 5.32 Å². The van der Waals surface area contributed by atoms with Crippen LogP contribution in [0.3, 0.4) is 0 Å². The average Bonchev–Trinajstić information content (AvgIpc) is 2.32. The first-order valence-electron chi connectivity index (χ1n) is 6.38. The predicted octanol–water partition coefficient (Wildman–Crippen LogP) is 3.51. The number of hydrogen-bond donors (Lipinski definition) is 1. The molecule has 0 amide bonds. The molecule has 102 valence electrons. The molecule has 0 saturated heterocycles. The maximum absolute atomic E-state index is 13.3. The first-order chi connectivity index (χ1) is 8.52. The summed E-state index contributed by atoms with van der Waals surface area (Å²) in [6.07, 6.45) is 1.99. The molecular weight excluding hydrogens is 236 g/mol. The van der Waals surface area contributed by atoms with Crippen molar-refractivity contribution < 1.29 is 13.5 Å². The lowest BCUT2D eigenvalue weighted by Gasteiger charge is -2.19. The van der Waals surface area contributed by atoms with E-state index in [0.717, 1.165) is 31.0 Å². The Bertz CT molecular complexity index is 371. The quantitative estimate of drug-likeness (QED) is 0.807. The van der Waals surface area contributed by atoms with Gasteiger partial charge in [0.15, 0.2) is 11.6 Å². The van der Waals surface area contributed by atoms with E-state index in [1.165, 1.54) is 0 Å². The molecule has 1 aromatic rings. The van der Waals surface area contributed by atoms with Crippen LogP contribution in [-0.2, 0) is 0 Å². The zero-order valence-corrected chi connectivity index (χ0v) is 11.2. The van der Waals surface area contributed by atoms with E-state index >= 15 is 0 Å². The Labute approximate surface area is 107 Å². The van der Waals surface area contributed by atoms with E-state index in [1.807, 2.05) is 6.92 Å². The van der Waals surface area contributed by atoms with Crippen LogP contribution in [0.4, 0.5) is 8.78 Å². The molecule has 0 aliphatic carbocycles. The minimum Gasteiger partial charge on any atom is -0.486 e. The fourth-order valence-corrected chi connectivity index (χ4v) is 1.73. The van der Waals surface area contributed by atoms with Gasteiger partial charge in [0, 0.05) is 18.7 Å². The number of rotatable bonds is 7. The van der Waals surface area contributed by atoms with Gasteiger partial charge in [0.1, 0.15) is 11.9 Å². The summed E-state index contributed by atoms with van der Waals surface area (Å²) in [6, 6.07) is 3.62. The van der Waals surface area contributed by atoms with Crippen molar-refractivity contribution in [3.63, 3.8) is 0 Å². The fourth-order valence-electron chi connectivity index (χ4n) is 1.73. The summed E-state index contributed by atoms with van der Waals surface area (Å²) < 4.78 is 31.7.